The largest absolute Gasteiger partial charge is 0.478 e. The average molecular weight is 281 g/mol. The van der Waals surface area contributed by atoms with Crippen molar-refractivity contribution in [2.24, 2.45) is 0 Å². The molecule has 0 radical (unpaired) electrons. The summed E-state index contributed by atoms with van der Waals surface area (Å²) in [6.45, 7) is 2.49. The zero-order valence-electron chi connectivity index (χ0n) is 10.7. The quantitative estimate of drug-likeness (QED) is 0.851. The molecule has 0 unspecified atom stereocenters. The highest BCUT2D eigenvalue weighted by atomic mass is 32.2. The summed E-state index contributed by atoms with van der Waals surface area (Å²) in [5.41, 5.74) is 0. The Hall–Kier alpha value is -1.23. The van der Waals surface area contributed by atoms with Crippen molar-refractivity contribution in [2.45, 2.75) is 30.7 Å². The van der Waals surface area contributed by atoms with Crippen LogP contribution in [0.3, 0.4) is 0 Å². The van der Waals surface area contributed by atoms with E-state index in [9.17, 15) is 9.18 Å². The van der Waals surface area contributed by atoms with Crippen LogP contribution in [0.25, 0.3) is 0 Å². The van der Waals surface area contributed by atoms with Crippen molar-refractivity contribution in [1.82, 2.24) is 4.90 Å². The molecular formula is C14H16FNO2S. The molecule has 3 atom stereocenters. The van der Waals surface area contributed by atoms with Crippen LogP contribution in [0.2, 0.25) is 0 Å². The predicted molar refractivity (Wildman–Crippen MR) is 72.9 cm³/mol. The number of thioether (sulfide) groups is 1. The Morgan fingerprint density at radius 1 is 1.53 bits per heavy atom. The monoisotopic (exact) mass is 281 g/mol. The lowest BCUT2D eigenvalue weighted by Gasteiger charge is -2.29. The van der Waals surface area contributed by atoms with Gasteiger partial charge in [-0.25, -0.2) is 4.39 Å². The van der Waals surface area contributed by atoms with Gasteiger partial charge in [0, 0.05) is 23.6 Å². The van der Waals surface area contributed by atoms with Crippen molar-refractivity contribution in [3.8, 4) is 5.75 Å². The summed E-state index contributed by atoms with van der Waals surface area (Å²) >= 11 is 1.94. The summed E-state index contributed by atoms with van der Waals surface area (Å²) in [6.07, 6.45) is 0.448. The third-order valence-corrected chi connectivity index (χ3v) is 5.06. The van der Waals surface area contributed by atoms with Gasteiger partial charge in [-0.2, -0.15) is 11.8 Å². The SMILES string of the molecule is C[C@@H](Oc1ccccc1F)C(=O)N1C[C@H]2C[C@H]1CS2. The van der Waals surface area contributed by atoms with Gasteiger partial charge < -0.3 is 9.64 Å². The molecule has 1 aromatic rings. The number of nitrogens with zero attached hydrogens (tertiary/aromatic N) is 1. The lowest BCUT2D eigenvalue weighted by Crippen LogP contribution is -2.45. The van der Waals surface area contributed by atoms with Crippen LogP contribution < -0.4 is 4.74 Å². The van der Waals surface area contributed by atoms with E-state index in [4.69, 9.17) is 4.74 Å². The van der Waals surface area contributed by atoms with Crippen molar-refractivity contribution < 1.29 is 13.9 Å². The molecule has 0 spiro atoms. The number of carbonyl (C=O) groups is 1. The van der Waals surface area contributed by atoms with Crippen LogP contribution in [0.4, 0.5) is 4.39 Å². The van der Waals surface area contributed by atoms with Crippen LogP contribution in [0.15, 0.2) is 24.3 Å². The highest BCUT2D eigenvalue weighted by molar-refractivity contribution is 8.00. The first-order valence-corrected chi connectivity index (χ1v) is 7.53. The van der Waals surface area contributed by atoms with Gasteiger partial charge in [0.15, 0.2) is 17.7 Å². The molecule has 3 nitrogen and oxygen atoms in total. The van der Waals surface area contributed by atoms with Crippen molar-refractivity contribution in [3.63, 3.8) is 0 Å². The minimum absolute atomic E-state index is 0.0314. The second-order valence-corrected chi connectivity index (χ2v) is 6.36. The van der Waals surface area contributed by atoms with Gasteiger partial charge >= 0.3 is 0 Å². The maximum absolute atomic E-state index is 13.5. The Balaban J connectivity index is 1.66. The number of hydrogen-bond donors (Lipinski definition) is 0. The number of likely N-dealkylation sites (tertiary alicyclic amines) is 1. The molecule has 0 N–H and O–H groups in total. The number of ether oxygens (including phenoxy) is 1. The van der Waals surface area contributed by atoms with E-state index in [2.05, 4.69) is 0 Å². The zero-order valence-corrected chi connectivity index (χ0v) is 11.5. The van der Waals surface area contributed by atoms with E-state index in [-0.39, 0.29) is 11.7 Å². The fourth-order valence-corrected chi connectivity index (χ4v) is 4.12. The molecular weight excluding hydrogens is 265 g/mol. The number of amides is 1. The number of carbonyl (C=O) groups excluding carboxylic acids is 1. The minimum Gasteiger partial charge on any atom is -0.478 e. The van der Waals surface area contributed by atoms with E-state index in [1.54, 1.807) is 25.1 Å². The summed E-state index contributed by atoms with van der Waals surface area (Å²) < 4.78 is 18.9. The summed E-state index contributed by atoms with van der Waals surface area (Å²) in [4.78, 5) is 14.2. The van der Waals surface area contributed by atoms with Crippen LogP contribution in [0, 0.1) is 5.82 Å². The molecule has 3 rings (SSSR count). The van der Waals surface area contributed by atoms with Gasteiger partial charge in [0.25, 0.3) is 5.91 Å². The van der Waals surface area contributed by atoms with Crippen LogP contribution >= 0.6 is 11.8 Å². The van der Waals surface area contributed by atoms with Crippen LogP contribution in [-0.2, 0) is 4.79 Å². The van der Waals surface area contributed by atoms with Crippen molar-refractivity contribution in [3.05, 3.63) is 30.1 Å². The van der Waals surface area contributed by atoms with Crippen LogP contribution in [-0.4, -0.2) is 40.5 Å². The molecule has 1 amide bonds. The molecule has 102 valence electrons. The summed E-state index contributed by atoms with van der Waals surface area (Å²) in [7, 11) is 0. The van der Waals surface area contributed by atoms with E-state index >= 15 is 0 Å². The lowest BCUT2D eigenvalue weighted by molar-refractivity contribution is -0.138. The van der Waals surface area contributed by atoms with Crippen molar-refractivity contribution in [1.29, 1.82) is 0 Å². The van der Waals surface area contributed by atoms with Gasteiger partial charge in [0.2, 0.25) is 0 Å². The average Bonchev–Trinajstić information content (AvgIpc) is 3.03. The van der Waals surface area contributed by atoms with Gasteiger partial charge in [0.05, 0.1) is 0 Å². The first-order chi connectivity index (χ1) is 9.15. The summed E-state index contributed by atoms with van der Waals surface area (Å²) in [5, 5.41) is 0.578. The molecule has 2 saturated heterocycles. The molecule has 0 aromatic heterocycles. The molecule has 2 aliphatic heterocycles. The predicted octanol–water partition coefficient (Wildman–Crippen LogP) is 2.31. The molecule has 2 fully saturated rings. The first-order valence-electron chi connectivity index (χ1n) is 6.48. The summed E-state index contributed by atoms with van der Waals surface area (Å²) in [6, 6.07) is 6.52. The number of fused-ring (bicyclic) bond motifs is 2. The highest BCUT2D eigenvalue weighted by Gasteiger charge is 2.42. The van der Waals surface area contributed by atoms with Crippen molar-refractivity contribution in [2.75, 3.05) is 12.3 Å². The molecule has 19 heavy (non-hydrogen) atoms. The number of hydrogen-bond acceptors (Lipinski definition) is 3. The smallest absolute Gasteiger partial charge is 0.263 e. The second kappa shape index (κ2) is 5.04. The Labute approximate surface area is 116 Å². The van der Waals surface area contributed by atoms with E-state index in [0.29, 0.717) is 11.3 Å². The Morgan fingerprint density at radius 3 is 2.95 bits per heavy atom. The molecule has 2 aliphatic rings. The van der Waals surface area contributed by atoms with Crippen LogP contribution in [0.1, 0.15) is 13.3 Å². The second-order valence-electron chi connectivity index (χ2n) is 5.03. The highest BCUT2D eigenvalue weighted by Crippen LogP contribution is 2.37. The van der Waals surface area contributed by atoms with Gasteiger partial charge in [-0.05, 0) is 25.5 Å². The number of halogens is 1. The standard InChI is InChI=1S/C14H16FNO2S/c1-9(18-13-5-3-2-4-12(13)15)14(17)16-7-11-6-10(16)8-19-11/h2-5,9-11H,6-8H2,1H3/t9-,10+,11-/m1/s1. The van der Waals surface area contributed by atoms with Crippen molar-refractivity contribution >= 4 is 17.7 Å². The number of para-hydroxylation sites is 1. The number of benzene rings is 1. The fraction of sp³-hybridized carbons (Fsp3) is 0.500. The third kappa shape index (κ3) is 2.43. The molecule has 0 saturated carbocycles. The first kappa shape index (κ1) is 12.8. The third-order valence-electron chi connectivity index (χ3n) is 3.67. The van der Waals surface area contributed by atoms with E-state index in [1.807, 2.05) is 16.7 Å². The lowest BCUT2D eigenvalue weighted by atomic mass is 10.2. The van der Waals surface area contributed by atoms with E-state index in [1.165, 1.54) is 6.07 Å². The maximum atomic E-state index is 13.5. The van der Waals surface area contributed by atoms with Gasteiger partial charge in [-0.3, -0.25) is 4.79 Å². The number of rotatable bonds is 3. The molecule has 2 bridgehead atoms. The van der Waals surface area contributed by atoms with Gasteiger partial charge in [-0.1, -0.05) is 12.1 Å². The maximum Gasteiger partial charge on any atom is 0.263 e. The van der Waals surface area contributed by atoms with Gasteiger partial charge in [-0.15, -0.1) is 0 Å². The molecule has 5 heteroatoms. The Bertz CT molecular complexity index is 496. The topological polar surface area (TPSA) is 29.5 Å². The van der Waals surface area contributed by atoms with E-state index in [0.717, 1.165) is 18.7 Å². The normalized spacial score (nSPS) is 26.5. The molecule has 2 heterocycles. The molecule has 1 aromatic carbocycles. The summed E-state index contributed by atoms with van der Waals surface area (Å²) in [5.74, 6) is 0.696. The van der Waals surface area contributed by atoms with Gasteiger partial charge in [0.1, 0.15) is 0 Å². The zero-order chi connectivity index (χ0) is 13.4. The fourth-order valence-electron chi connectivity index (χ4n) is 2.68. The Morgan fingerprint density at radius 2 is 2.32 bits per heavy atom. The molecule has 0 aliphatic carbocycles. The van der Waals surface area contributed by atoms with Crippen LogP contribution in [0.5, 0.6) is 5.75 Å². The van der Waals surface area contributed by atoms with E-state index < -0.39 is 11.9 Å². The Kier molecular flexibility index (Phi) is 3.39. The minimum atomic E-state index is -0.638.